The highest BCUT2D eigenvalue weighted by Gasteiger charge is 2.48. The molecule has 2 aromatic rings. The minimum Gasteiger partial charge on any atom is -0.475 e. The molecule has 1 amide bonds. The number of para-hydroxylation sites is 1. The van der Waals surface area contributed by atoms with Gasteiger partial charge in [0.15, 0.2) is 0 Å². The number of imidazole rings is 1. The molecule has 1 aromatic carbocycles. The zero-order valence-electron chi connectivity index (χ0n) is 17.4. The van der Waals surface area contributed by atoms with Crippen molar-refractivity contribution >= 4 is 17.6 Å². The summed E-state index contributed by atoms with van der Waals surface area (Å²) < 4.78 is 33.8. The summed E-state index contributed by atoms with van der Waals surface area (Å²) in [7, 11) is 2.03. The molecule has 1 unspecified atom stereocenters. The van der Waals surface area contributed by atoms with Crippen LogP contribution >= 0.6 is 0 Å². The second kappa shape index (κ2) is 8.70. The Balaban J connectivity index is 0.000000339. The summed E-state index contributed by atoms with van der Waals surface area (Å²) in [6.45, 7) is 5.89. The zero-order valence-corrected chi connectivity index (χ0v) is 17.4. The molecule has 168 valence electrons. The van der Waals surface area contributed by atoms with E-state index in [4.69, 9.17) is 9.90 Å². The van der Waals surface area contributed by atoms with E-state index in [0.29, 0.717) is 6.42 Å². The minimum absolute atomic E-state index is 0.109. The van der Waals surface area contributed by atoms with E-state index in [1.165, 1.54) is 11.3 Å². The molecule has 2 aliphatic heterocycles. The number of rotatable bonds is 3. The molecule has 1 atom stereocenters. The van der Waals surface area contributed by atoms with E-state index in [0.717, 1.165) is 38.3 Å². The van der Waals surface area contributed by atoms with Gasteiger partial charge in [0.2, 0.25) is 5.91 Å². The highest BCUT2D eigenvalue weighted by molar-refractivity contribution is 5.97. The Morgan fingerprint density at radius 3 is 2.52 bits per heavy atom. The fraction of sp³-hybridized carbons (Fsp3) is 0.476. The number of carbonyl (C=O) groups excluding carboxylic acids is 1. The molecule has 0 saturated carbocycles. The molecule has 2 fully saturated rings. The van der Waals surface area contributed by atoms with Crippen molar-refractivity contribution in [3.05, 3.63) is 48.0 Å². The lowest BCUT2D eigenvalue weighted by Gasteiger charge is -2.25. The van der Waals surface area contributed by atoms with Gasteiger partial charge in [-0.25, -0.2) is 9.78 Å². The van der Waals surface area contributed by atoms with Gasteiger partial charge < -0.3 is 14.6 Å². The first-order valence-electron chi connectivity index (χ1n) is 9.84. The van der Waals surface area contributed by atoms with Crippen LogP contribution in [0.4, 0.5) is 18.9 Å². The second-order valence-corrected chi connectivity index (χ2v) is 8.20. The number of anilines is 1. The number of halogens is 3. The fourth-order valence-corrected chi connectivity index (χ4v) is 4.18. The highest BCUT2D eigenvalue weighted by Crippen LogP contribution is 2.42. The molecule has 10 heteroatoms. The Labute approximate surface area is 178 Å². The number of aromatic nitrogens is 2. The number of carbonyl (C=O) groups is 2. The van der Waals surface area contributed by atoms with Crippen LogP contribution in [-0.2, 0) is 23.2 Å². The quantitative estimate of drug-likeness (QED) is 0.797. The molecule has 0 radical (unpaired) electrons. The van der Waals surface area contributed by atoms with Crippen LogP contribution in [0.5, 0.6) is 0 Å². The third-order valence-electron chi connectivity index (χ3n) is 5.79. The summed E-state index contributed by atoms with van der Waals surface area (Å²) in [6.07, 6.45) is 0.465. The van der Waals surface area contributed by atoms with Crippen LogP contribution in [0.15, 0.2) is 36.8 Å². The van der Waals surface area contributed by atoms with Crippen LogP contribution in [0.2, 0.25) is 0 Å². The number of carboxylic acids is 1. The normalized spacial score (nSPS) is 21.5. The average molecular weight is 438 g/mol. The Kier molecular flexibility index (Phi) is 6.40. The summed E-state index contributed by atoms with van der Waals surface area (Å²) in [4.78, 5) is 30.2. The van der Waals surface area contributed by atoms with E-state index in [9.17, 15) is 18.0 Å². The third kappa shape index (κ3) is 5.25. The summed E-state index contributed by atoms with van der Waals surface area (Å²) in [5.74, 6) is -2.49. The van der Waals surface area contributed by atoms with E-state index in [-0.39, 0.29) is 11.3 Å². The number of aryl methyl sites for hydroxylation is 2. The van der Waals surface area contributed by atoms with E-state index < -0.39 is 12.1 Å². The van der Waals surface area contributed by atoms with Gasteiger partial charge in [-0.05, 0) is 31.5 Å². The Hall–Kier alpha value is -2.88. The SMILES string of the molecule is Cc1ccccc1N1CC2(CCN(Cc3cncn3C)C2)CC1=O.O=C(O)C(F)(F)F. The number of nitrogens with zero attached hydrogens (tertiary/aromatic N) is 4. The molecule has 4 rings (SSSR count). The van der Waals surface area contributed by atoms with Gasteiger partial charge in [0.25, 0.3) is 0 Å². The van der Waals surface area contributed by atoms with Crippen molar-refractivity contribution in [2.24, 2.45) is 12.5 Å². The molecule has 1 N–H and O–H groups in total. The minimum atomic E-state index is -5.08. The summed E-state index contributed by atoms with van der Waals surface area (Å²) in [5, 5.41) is 7.12. The topological polar surface area (TPSA) is 78.7 Å². The largest absolute Gasteiger partial charge is 0.490 e. The number of amides is 1. The predicted octanol–water partition coefficient (Wildman–Crippen LogP) is 2.99. The maximum absolute atomic E-state index is 12.7. The number of alkyl halides is 3. The van der Waals surface area contributed by atoms with E-state index in [1.54, 1.807) is 0 Å². The number of aliphatic carboxylic acids is 1. The molecule has 7 nitrogen and oxygen atoms in total. The molecule has 31 heavy (non-hydrogen) atoms. The van der Waals surface area contributed by atoms with Gasteiger partial charge in [0.1, 0.15) is 0 Å². The number of hydrogen-bond donors (Lipinski definition) is 1. The van der Waals surface area contributed by atoms with Crippen LogP contribution in [-0.4, -0.2) is 57.2 Å². The van der Waals surface area contributed by atoms with Crippen LogP contribution in [0.3, 0.4) is 0 Å². The molecular weight excluding hydrogens is 413 g/mol. The molecule has 0 aliphatic carbocycles. The molecule has 0 bridgehead atoms. The fourth-order valence-electron chi connectivity index (χ4n) is 4.18. The monoisotopic (exact) mass is 438 g/mol. The van der Waals surface area contributed by atoms with E-state index in [1.807, 2.05) is 36.6 Å². The Morgan fingerprint density at radius 2 is 1.94 bits per heavy atom. The van der Waals surface area contributed by atoms with Gasteiger partial charge in [-0.3, -0.25) is 9.69 Å². The molecule has 2 aliphatic rings. The van der Waals surface area contributed by atoms with Crippen molar-refractivity contribution in [3.8, 4) is 0 Å². The standard InChI is InChI=1S/C19H24N4O.C2HF3O2/c1-15-5-3-4-6-17(15)23-13-19(9-18(23)24)7-8-22(12-19)11-16-10-20-14-21(16)2;3-2(4,5)1(6)7/h3-6,10,14H,7-9,11-13H2,1-2H3;(H,6,7). The van der Waals surface area contributed by atoms with Gasteiger partial charge in [-0.1, -0.05) is 18.2 Å². The number of carboxylic acid groups (broad SMARTS) is 1. The lowest BCUT2D eigenvalue weighted by molar-refractivity contribution is -0.192. The molecule has 1 spiro atoms. The maximum Gasteiger partial charge on any atom is 0.490 e. The first kappa shape index (κ1) is 22.8. The highest BCUT2D eigenvalue weighted by atomic mass is 19.4. The van der Waals surface area contributed by atoms with Crippen molar-refractivity contribution in [2.45, 2.75) is 32.5 Å². The molecule has 2 saturated heterocycles. The van der Waals surface area contributed by atoms with Gasteiger partial charge >= 0.3 is 12.1 Å². The third-order valence-corrected chi connectivity index (χ3v) is 5.79. The Morgan fingerprint density at radius 1 is 1.26 bits per heavy atom. The Bertz CT molecular complexity index is 959. The summed E-state index contributed by atoms with van der Waals surface area (Å²) in [6, 6.07) is 8.19. The lowest BCUT2D eigenvalue weighted by atomic mass is 9.86. The van der Waals surface area contributed by atoms with Gasteiger partial charge in [-0.2, -0.15) is 13.2 Å². The molecule has 3 heterocycles. The van der Waals surface area contributed by atoms with Crippen molar-refractivity contribution in [1.29, 1.82) is 0 Å². The van der Waals surface area contributed by atoms with Crippen LogP contribution < -0.4 is 4.90 Å². The van der Waals surface area contributed by atoms with Crippen molar-refractivity contribution in [2.75, 3.05) is 24.5 Å². The van der Waals surface area contributed by atoms with Crippen LogP contribution in [0, 0.1) is 12.3 Å². The van der Waals surface area contributed by atoms with Gasteiger partial charge in [0, 0.05) is 50.4 Å². The van der Waals surface area contributed by atoms with Crippen molar-refractivity contribution in [3.63, 3.8) is 0 Å². The van der Waals surface area contributed by atoms with Crippen LogP contribution in [0.25, 0.3) is 0 Å². The van der Waals surface area contributed by atoms with Gasteiger partial charge in [0.05, 0.1) is 12.0 Å². The van der Waals surface area contributed by atoms with Crippen molar-refractivity contribution < 1.29 is 27.9 Å². The predicted molar refractivity (Wildman–Crippen MR) is 107 cm³/mol. The average Bonchev–Trinajstić information content (AvgIpc) is 3.36. The lowest BCUT2D eigenvalue weighted by Crippen LogP contribution is -2.31. The maximum atomic E-state index is 12.7. The second-order valence-electron chi connectivity index (χ2n) is 8.20. The summed E-state index contributed by atoms with van der Waals surface area (Å²) in [5.41, 5.74) is 3.59. The smallest absolute Gasteiger partial charge is 0.475 e. The van der Waals surface area contributed by atoms with Crippen molar-refractivity contribution in [1.82, 2.24) is 14.5 Å². The van der Waals surface area contributed by atoms with Gasteiger partial charge in [-0.15, -0.1) is 0 Å². The number of hydrogen-bond acceptors (Lipinski definition) is 4. The number of benzene rings is 1. The first-order valence-corrected chi connectivity index (χ1v) is 9.84. The van der Waals surface area contributed by atoms with E-state index >= 15 is 0 Å². The molecular formula is C21H25F3N4O3. The first-order chi connectivity index (χ1) is 14.5. The number of likely N-dealkylation sites (tertiary alicyclic amines) is 1. The van der Waals surface area contributed by atoms with Crippen LogP contribution in [0.1, 0.15) is 24.1 Å². The van der Waals surface area contributed by atoms with E-state index in [2.05, 4.69) is 33.5 Å². The zero-order chi connectivity index (χ0) is 22.8. The molecule has 1 aromatic heterocycles. The summed E-state index contributed by atoms with van der Waals surface area (Å²) >= 11 is 0.